The van der Waals surface area contributed by atoms with Crippen molar-refractivity contribution in [3.05, 3.63) is 53.0 Å². The van der Waals surface area contributed by atoms with Crippen LogP contribution in [0.4, 0.5) is 5.69 Å². The Morgan fingerprint density at radius 3 is 2.53 bits per heavy atom. The number of benzene rings is 1. The summed E-state index contributed by atoms with van der Waals surface area (Å²) in [5, 5.41) is 3.60. The van der Waals surface area contributed by atoms with E-state index < -0.39 is 0 Å². The molecule has 1 N–H and O–H groups in total. The van der Waals surface area contributed by atoms with Crippen LogP contribution >= 0.6 is 27.5 Å². The fourth-order valence-corrected chi connectivity index (χ4v) is 2.25. The smallest absolute Gasteiger partial charge is 0.242 e. The molecule has 19 heavy (non-hydrogen) atoms. The lowest BCUT2D eigenvalue weighted by atomic mass is 10.3. The number of carbonyl (C=O) groups excluding carboxylic acids is 1. The van der Waals surface area contributed by atoms with Gasteiger partial charge in [-0.1, -0.05) is 39.7 Å². The molecule has 1 aromatic carbocycles. The van der Waals surface area contributed by atoms with Crippen molar-refractivity contribution in [2.45, 2.75) is 0 Å². The van der Waals surface area contributed by atoms with E-state index in [9.17, 15) is 4.79 Å². The van der Waals surface area contributed by atoms with Gasteiger partial charge in [0, 0.05) is 17.6 Å². The highest BCUT2D eigenvalue weighted by Crippen LogP contribution is 2.25. The highest BCUT2D eigenvalue weighted by molar-refractivity contribution is 9.10. The van der Waals surface area contributed by atoms with Gasteiger partial charge in [-0.05, 0) is 18.2 Å². The fraction of sp³-hybridized carbons (Fsp3) is 0.214. The van der Waals surface area contributed by atoms with Gasteiger partial charge in [0.2, 0.25) is 5.91 Å². The van der Waals surface area contributed by atoms with Gasteiger partial charge in [-0.25, -0.2) is 0 Å². The van der Waals surface area contributed by atoms with Gasteiger partial charge in [-0.15, -0.1) is 13.2 Å². The van der Waals surface area contributed by atoms with E-state index in [1.165, 1.54) is 0 Å². The maximum Gasteiger partial charge on any atom is 0.242 e. The van der Waals surface area contributed by atoms with Crippen LogP contribution in [0, 0.1) is 0 Å². The molecule has 0 spiro atoms. The molecule has 1 amide bonds. The Balaban J connectivity index is 2.61. The quantitative estimate of drug-likeness (QED) is 0.765. The number of nitrogens with one attached hydrogen (secondary N) is 1. The average Bonchev–Trinajstić information content (AvgIpc) is 2.37. The van der Waals surface area contributed by atoms with Crippen molar-refractivity contribution < 1.29 is 4.79 Å². The SMILES string of the molecule is C=CCN(CC=C)C(=O)CNc1ccc(Br)cc1Cl. The van der Waals surface area contributed by atoms with E-state index in [1.54, 1.807) is 23.1 Å². The summed E-state index contributed by atoms with van der Waals surface area (Å²) in [5.74, 6) is -0.0289. The van der Waals surface area contributed by atoms with Crippen molar-refractivity contribution in [2.24, 2.45) is 0 Å². The first-order chi connectivity index (χ1) is 9.08. The third-order valence-electron chi connectivity index (χ3n) is 2.41. The minimum atomic E-state index is -0.0289. The summed E-state index contributed by atoms with van der Waals surface area (Å²) in [6.07, 6.45) is 3.38. The Kier molecular flexibility index (Phi) is 6.67. The molecule has 3 nitrogen and oxygen atoms in total. The molecule has 0 aromatic heterocycles. The van der Waals surface area contributed by atoms with E-state index in [0.717, 1.165) is 10.2 Å². The maximum absolute atomic E-state index is 12.0. The highest BCUT2D eigenvalue weighted by Gasteiger charge is 2.10. The maximum atomic E-state index is 12.0. The molecule has 0 atom stereocenters. The molecule has 1 aromatic rings. The van der Waals surface area contributed by atoms with Gasteiger partial charge in [0.25, 0.3) is 0 Å². The van der Waals surface area contributed by atoms with Crippen LogP contribution in [0.2, 0.25) is 5.02 Å². The highest BCUT2D eigenvalue weighted by atomic mass is 79.9. The molecule has 0 heterocycles. The van der Waals surface area contributed by atoms with Gasteiger partial charge >= 0.3 is 0 Å². The van der Waals surface area contributed by atoms with Crippen molar-refractivity contribution in [2.75, 3.05) is 25.0 Å². The number of carbonyl (C=O) groups is 1. The second-order valence-electron chi connectivity index (χ2n) is 3.85. The summed E-state index contributed by atoms with van der Waals surface area (Å²) in [5.41, 5.74) is 0.732. The molecule has 0 unspecified atom stereocenters. The number of nitrogens with zero attached hydrogens (tertiary/aromatic N) is 1. The predicted octanol–water partition coefficient (Wildman–Crippen LogP) is 3.72. The third-order valence-corrected chi connectivity index (χ3v) is 3.22. The Labute approximate surface area is 127 Å². The molecule has 0 radical (unpaired) electrons. The van der Waals surface area contributed by atoms with Crippen LogP contribution in [-0.4, -0.2) is 30.4 Å². The molecular weight excluding hydrogens is 328 g/mol. The summed E-state index contributed by atoms with van der Waals surface area (Å²) in [4.78, 5) is 13.6. The minimum Gasteiger partial charge on any atom is -0.375 e. The Hall–Kier alpha value is -1.26. The molecule has 0 saturated heterocycles. The van der Waals surface area contributed by atoms with Crippen molar-refractivity contribution >= 4 is 39.1 Å². The molecule has 5 heteroatoms. The molecule has 0 fully saturated rings. The zero-order chi connectivity index (χ0) is 14.3. The first-order valence-corrected chi connectivity index (χ1v) is 6.94. The Morgan fingerprint density at radius 2 is 2.00 bits per heavy atom. The van der Waals surface area contributed by atoms with Crippen LogP contribution in [0.15, 0.2) is 48.0 Å². The molecule has 0 aliphatic rings. The van der Waals surface area contributed by atoms with Crippen molar-refractivity contribution in [1.82, 2.24) is 4.90 Å². The van der Waals surface area contributed by atoms with Crippen molar-refractivity contribution in [3.8, 4) is 0 Å². The minimum absolute atomic E-state index is 0.0289. The first kappa shape index (κ1) is 15.8. The standard InChI is InChI=1S/C14H16BrClN2O/c1-3-7-18(8-4-2)14(19)10-17-13-6-5-11(15)9-12(13)16/h3-6,9,17H,1-2,7-8,10H2. The van der Waals surface area contributed by atoms with Crippen LogP contribution in [0.1, 0.15) is 0 Å². The second-order valence-corrected chi connectivity index (χ2v) is 5.18. The number of hydrogen-bond donors (Lipinski definition) is 1. The van der Waals surface area contributed by atoms with Gasteiger partial charge in [0.1, 0.15) is 0 Å². The van der Waals surface area contributed by atoms with Gasteiger partial charge in [0.15, 0.2) is 0 Å². The lowest BCUT2D eigenvalue weighted by Gasteiger charge is -2.20. The van der Waals surface area contributed by atoms with Crippen molar-refractivity contribution in [1.29, 1.82) is 0 Å². The monoisotopic (exact) mass is 342 g/mol. The van der Waals surface area contributed by atoms with E-state index in [0.29, 0.717) is 18.1 Å². The van der Waals surface area contributed by atoms with Crippen LogP contribution in [-0.2, 0) is 4.79 Å². The van der Waals surface area contributed by atoms with E-state index in [4.69, 9.17) is 11.6 Å². The summed E-state index contributed by atoms with van der Waals surface area (Å²) >= 11 is 9.40. The molecular formula is C14H16BrClN2O. The zero-order valence-electron chi connectivity index (χ0n) is 10.5. The van der Waals surface area contributed by atoms with Crippen LogP contribution < -0.4 is 5.32 Å². The lowest BCUT2D eigenvalue weighted by Crippen LogP contribution is -2.35. The van der Waals surface area contributed by atoms with E-state index in [1.807, 2.05) is 12.1 Å². The molecule has 102 valence electrons. The van der Waals surface area contributed by atoms with Crippen molar-refractivity contribution in [3.63, 3.8) is 0 Å². The van der Waals surface area contributed by atoms with E-state index in [2.05, 4.69) is 34.4 Å². The number of rotatable bonds is 7. The lowest BCUT2D eigenvalue weighted by molar-refractivity contribution is -0.128. The number of halogens is 2. The number of hydrogen-bond acceptors (Lipinski definition) is 2. The molecule has 1 rings (SSSR count). The fourth-order valence-electron chi connectivity index (χ4n) is 1.51. The van der Waals surface area contributed by atoms with Crippen LogP contribution in [0.5, 0.6) is 0 Å². The molecule has 0 aliphatic heterocycles. The summed E-state index contributed by atoms with van der Waals surface area (Å²) < 4.78 is 0.898. The second kappa shape index (κ2) is 8.02. The van der Waals surface area contributed by atoms with E-state index in [-0.39, 0.29) is 12.5 Å². The summed E-state index contributed by atoms with van der Waals surface area (Å²) in [6.45, 7) is 8.45. The Bertz CT molecular complexity index is 467. The van der Waals surface area contributed by atoms with E-state index >= 15 is 0 Å². The van der Waals surface area contributed by atoms with Gasteiger partial charge < -0.3 is 10.2 Å². The average molecular weight is 344 g/mol. The van der Waals surface area contributed by atoms with Gasteiger partial charge in [-0.2, -0.15) is 0 Å². The molecule has 0 aliphatic carbocycles. The first-order valence-electron chi connectivity index (χ1n) is 5.77. The topological polar surface area (TPSA) is 32.3 Å². The number of anilines is 1. The molecule has 0 saturated carbocycles. The molecule has 0 bridgehead atoms. The largest absolute Gasteiger partial charge is 0.375 e. The zero-order valence-corrected chi connectivity index (χ0v) is 12.9. The van der Waals surface area contributed by atoms with Gasteiger partial charge in [-0.3, -0.25) is 4.79 Å². The predicted molar refractivity (Wildman–Crippen MR) is 84.6 cm³/mol. The normalized spacial score (nSPS) is 9.79. The summed E-state index contributed by atoms with van der Waals surface area (Å²) in [7, 11) is 0. The third kappa shape index (κ3) is 5.09. The summed E-state index contributed by atoms with van der Waals surface area (Å²) in [6, 6.07) is 5.47. The van der Waals surface area contributed by atoms with Crippen LogP contribution in [0.25, 0.3) is 0 Å². The van der Waals surface area contributed by atoms with Gasteiger partial charge in [0.05, 0.1) is 17.3 Å². The Morgan fingerprint density at radius 1 is 1.37 bits per heavy atom. The number of amides is 1. The van der Waals surface area contributed by atoms with Crippen LogP contribution in [0.3, 0.4) is 0 Å².